The minimum atomic E-state index is -3.64. The summed E-state index contributed by atoms with van der Waals surface area (Å²) in [5.41, 5.74) is 2.45. The quantitative estimate of drug-likeness (QED) is 0.321. The Morgan fingerprint density at radius 3 is 1.46 bits per heavy atom. The fourth-order valence-electron chi connectivity index (χ4n) is 3.63. The highest BCUT2D eigenvalue weighted by atomic mass is 32.2. The number of nitrogens with zero attached hydrogens (tertiary/aromatic N) is 1. The molecular formula is C27H33N3O5S2. The van der Waals surface area contributed by atoms with Crippen LogP contribution >= 0.6 is 0 Å². The van der Waals surface area contributed by atoms with Gasteiger partial charge < -0.3 is 4.90 Å². The second-order valence-electron chi connectivity index (χ2n) is 8.79. The molecule has 3 rings (SSSR count). The van der Waals surface area contributed by atoms with Crippen molar-refractivity contribution in [2.45, 2.75) is 36.5 Å². The molecule has 0 aliphatic rings. The Bertz CT molecular complexity index is 1290. The van der Waals surface area contributed by atoms with E-state index in [0.717, 1.165) is 11.1 Å². The second kappa shape index (κ2) is 13.0. The lowest BCUT2D eigenvalue weighted by Gasteiger charge is -2.23. The van der Waals surface area contributed by atoms with Gasteiger partial charge in [0.25, 0.3) is 5.91 Å². The number of sulfonamides is 2. The molecule has 0 heterocycles. The Hall–Kier alpha value is -3.05. The lowest BCUT2D eigenvalue weighted by molar-refractivity contribution is 0.0753. The normalized spacial score (nSPS) is 11.8. The van der Waals surface area contributed by atoms with Crippen LogP contribution in [0, 0.1) is 13.8 Å². The van der Waals surface area contributed by atoms with E-state index in [4.69, 9.17) is 0 Å². The van der Waals surface area contributed by atoms with E-state index in [1.54, 1.807) is 77.7 Å². The van der Waals surface area contributed by atoms with Crippen LogP contribution in [0.1, 0.15) is 34.3 Å². The predicted molar refractivity (Wildman–Crippen MR) is 144 cm³/mol. The number of benzene rings is 3. The predicted octanol–water partition coefficient (Wildman–Crippen LogP) is 3.48. The van der Waals surface area contributed by atoms with Crippen LogP contribution in [-0.4, -0.2) is 53.8 Å². The number of nitrogens with one attached hydrogen (secondary N) is 2. The smallest absolute Gasteiger partial charge is 0.253 e. The summed E-state index contributed by atoms with van der Waals surface area (Å²) in [6, 6.07) is 22.0. The van der Waals surface area contributed by atoms with Gasteiger partial charge in [-0.05, 0) is 63.1 Å². The van der Waals surface area contributed by atoms with Crippen LogP contribution in [0.5, 0.6) is 0 Å². The average Bonchev–Trinajstić information content (AvgIpc) is 2.88. The van der Waals surface area contributed by atoms with Crippen molar-refractivity contribution in [2.24, 2.45) is 0 Å². The van der Waals surface area contributed by atoms with Crippen LogP contribution in [0.4, 0.5) is 0 Å². The molecule has 0 aromatic heterocycles. The first-order valence-electron chi connectivity index (χ1n) is 12.1. The molecule has 0 bridgehead atoms. The zero-order chi connectivity index (χ0) is 26.9. The van der Waals surface area contributed by atoms with E-state index in [0.29, 0.717) is 31.5 Å². The molecule has 8 nitrogen and oxygen atoms in total. The number of aryl methyl sites for hydroxylation is 2. The van der Waals surface area contributed by atoms with Crippen molar-refractivity contribution in [3.8, 4) is 0 Å². The monoisotopic (exact) mass is 543 g/mol. The average molecular weight is 544 g/mol. The van der Waals surface area contributed by atoms with Crippen LogP contribution < -0.4 is 9.44 Å². The molecular weight excluding hydrogens is 510 g/mol. The lowest BCUT2D eigenvalue weighted by atomic mass is 10.2. The first-order chi connectivity index (χ1) is 17.6. The Labute approximate surface area is 219 Å². The fraction of sp³-hybridized carbons (Fsp3) is 0.296. The van der Waals surface area contributed by atoms with Crippen LogP contribution in [-0.2, 0) is 20.0 Å². The molecule has 0 aliphatic carbocycles. The molecule has 0 unspecified atom stereocenters. The van der Waals surface area contributed by atoms with Crippen LogP contribution in [0.25, 0.3) is 0 Å². The van der Waals surface area contributed by atoms with E-state index in [1.807, 2.05) is 19.9 Å². The summed E-state index contributed by atoms with van der Waals surface area (Å²) >= 11 is 0. The highest BCUT2D eigenvalue weighted by Gasteiger charge is 2.18. The maximum absolute atomic E-state index is 13.1. The number of carbonyl (C=O) groups excluding carboxylic acids is 1. The standard InChI is InChI=1S/C27H33N3O5S2/c1-22-10-14-25(15-11-22)36(32,33)28-18-6-20-30(27(31)24-8-4-3-5-9-24)21-7-19-29-37(34,35)26-16-12-23(2)13-17-26/h3-5,8-17,28-29H,6-7,18-21H2,1-2H3. The van der Waals surface area contributed by atoms with Gasteiger partial charge in [-0.15, -0.1) is 0 Å². The summed E-state index contributed by atoms with van der Waals surface area (Å²) < 4.78 is 55.3. The second-order valence-corrected chi connectivity index (χ2v) is 12.3. The molecule has 37 heavy (non-hydrogen) atoms. The van der Waals surface area contributed by atoms with Gasteiger partial charge >= 0.3 is 0 Å². The molecule has 0 saturated carbocycles. The first kappa shape index (κ1) is 28.5. The summed E-state index contributed by atoms with van der Waals surface area (Å²) in [7, 11) is -7.29. The fourth-order valence-corrected chi connectivity index (χ4v) is 5.78. The summed E-state index contributed by atoms with van der Waals surface area (Å²) in [4.78, 5) is 15.1. The van der Waals surface area contributed by atoms with Crippen molar-refractivity contribution in [3.63, 3.8) is 0 Å². The van der Waals surface area contributed by atoms with E-state index < -0.39 is 20.0 Å². The maximum Gasteiger partial charge on any atom is 0.253 e. The summed E-state index contributed by atoms with van der Waals surface area (Å²) in [6.45, 7) is 4.72. The van der Waals surface area contributed by atoms with E-state index in [9.17, 15) is 21.6 Å². The maximum atomic E-state index is 13.1. The van der Waals surface area contributed by atoms with Crippen molar-refractivity contribution < 1.29 is 21.6 Å². The minimum absolute atomic E-state index is 0.162. The van der Waals surface area contributed by atoms with Crippen molar-refractivity contribution >= 4 is 26.0 Å². The van der Waals surface area contributed by atoms with Crippen LogP contribution in [0.15, 0.2) is 88.7 Å². The van der Waals surface area contributed by atoms with Gasteiger partial charge in [0, 0.05) is 31.7 Å². The molecule has 0 atom stereocenters. The Morgan fingerprint density at radius 2 is 1.05 bits per heavy atom. The SMILES string of the molecule is Cc1ccc(S(=O)(=O)NCCCN(CCCNS(=O)(=O)c2ccc(C)cc2)C(=O)c2ccccc2)cc1. The van der Waals surface area contributed by atoms with Gasteiger partial charge in [-0.25, -0.2) is 26.3 Å². The molecule has 0 saturated heterocycles. The number of hydrogen-bond acceptors (Lipinski definition) is 5. The zero-order valence-electron chi connectivity index (χ0n) is 21.1. The Balaban J connectivity index is 1.56. The number of carbonyl (C=O) groups is 1. The Kier molecular flexibility index (Phi) is 9.99. The zero-order valence-corrected chi connectivity index (χ0v) is 22.7. The van der Waals surface area contributed by atoms with Crippen molar-refractivity contribution in [1.29, 1.82) is 0 Å². The number of hydrogen-bond donors (Lipinski definition) is 2. The third kappa shape index (κ3) is 8.50. The van der Waals surface area contributed by atoms with Crippen LogP contribution in [0.3, 0.4) is 0 Å². The molecule has 0 aliphatic heterocycles. The molecule has 1 amide bonds. The summed E-state index contributed by atoms with van der Waals surface area (Å²) in [6.07, 6.45) is 0.803. The molecule has 198 valence electrons. The van der Waals surface area contributed by atoms with Gasteiger partial charge in [-0.2, -0.15) is 0 Å². The molecule has 0 radical (unpaired) electrons. The number of amides is 1. The first-order valence-corrected chi connectivity index (χ1v) is 15.0. The largest absolute Gasteiger partial charge is 0.339 e. The minimum Gasteiger partial charge on any atom is -0.339 e. The molecule has 0 spiro atoms. The summed E-state index contributed by atoms with van der Waals surface area (Å²) in [5.74, 6) is -0.191. The molecule has 3 aromatic carbocycles. The summed E-state index contributed by atoms with van der Waals surface area (Å²) in [5, 5.41) is 0. The van der Waals surface area contributed by atoms with Crippen molar-refractivity contribution in [1.82, 2.24) is 14.3 Å². The molecule has 2 N–H and O–H groups in total. The van der Waals surface area contributed by atoms with Crippen LogP contribution in [0.2, 0.25) is 0 Å². The molecule has 10 heteroatoms. The van der Waals surface area contributed by atoms with Gasteiger partial charge in [0.15, 0.2) is 0 Å². The van der Waals surface area contributed by atoms with Gasteiger partial charge in [0.05, 0.1) is 9.79 Å². The van der Waals surface area contributed by atoms with E-state index in [1.165, 1.54) is 0 Å². The highest BCUT2D eigenvalue weighted by Crippen LogP contribution is 2.12. The topological polar surface area (TPSA) is 113 Å². The van der Waals surface area contributed by atoms with E-state index in [2.05, 4.69) is 9.44 Å². The molecule has 0 fully saturated rings. The van der Waals surface area contributed by atoms with Crippen molar-refractivity contribution in [3.05, 3.63) is 95.6 Å². The van der Waals surface area contributed by atoms with Gasteiger partial charge in [0.2, 0.25) is 20.0 Å². The van der Waals surface area contributed by atoms with E-state index >= 15 is 0 Å². The van der Waals surface area contributed by atoms with Gasteiger partial charge in [-0.3, -0.25) is 4.79 Å². The third-order valence-corrected chi connectivity index (χ3v) is 8.72. The molecule has 3 aromatic rings. The van der Waals surface area contributed by atoms with Gasteiger partial charge in [0.1, 0.15) is 0 Å². The van der Waals surface area contributed by atoms with E-state index in [-0.39, 0.29) is 28.8 Å². The lowest BCUT2D eigenvalue weighted by Crippen LogP contribution is -2.36. The van der Waals surface area contributed by atoms with Gasteiger partial charge in [-0.1, -0.05) is 53.6 Å². The highest BCUT2D eigenvalue weighted by molar-refractivity contribution is 7.89. The van der Waals surface area contributed by atoms with Crippen molar-refractivity contribution in [2.75, 3.05) is 26.2 Å². The third-order valence-electron chi connectivity index (χ3n) is 5.76. The number of rotatable bonds is 13. The Morgan fingerprint density at radius 1 is 0.649 bits per heavy atom.